The van der Waals surface area contributed by atoms with Gasteiger partial charge >= 0.3 is 0 Å². The van der Waals surface area contributed by atoms with E-state index >= 15 is 0 Å². The Morgan fingerprint density at radius 3 is 2.75 bits per heavy atom. The van der Waals surface area contributed by atoms with Crippen molar-refractivity contribution in [2.45, 2.75) is 39.3 Å². The van der Waals surface area contributed by atoms with Crippen LogP contribution in [0.15, 0.2) is 18.2 Å². The molecule has 0 bridgehead atoms. The highest BCUT2D eigenvalue weighted by Gasteiger charge is 2.24. The Hall–Kier alpha value is -1.42. The minimum absolute atomic E-state index is 0.514. The summed E-state index contributed by atoms with van der Waals surface area (Å²) in [5.74, 6) is 1.59. The molecular formula is C16H26N2O2. The average molecular weight is 278 g/mol. The SMILES string of the molecule is CCOc1ccc(NC2CCN(C(C)C)C2)cc1OC. The Bertz CT molecular complexity index is 434. The van der Waals surface area contributed by atoms with Crippen LogP contribution >= 0.6 is 0 Å². The fraction of sp³-hybridized carbons (Fsp3) is 0.625. The zero-order valence-corrected chi connectivity index (χ0v) is 13.0. The van der Waals surface area contributed by atoms with Gasteiger partial charge in [0.1, 0.15) is 0 Å². The van der Waals surface area contributed by atoms with Gasteiger partial charge in [0.15, 0.2) is 11.5 Å². The summed E-state index contributed by atoms with van der Waals surface area (Å²) in [6.07, 6.45) is 1.19. The van der Waals surface area contributed by atoms with E-state index in [1.165, 1.54) is 13.0 Å². The van der Waals surface area contributed by atoms with Crippen molar-refractivity contribution >= 4 is 5.69 Å². The first kappa shape index (κ1) is 15.0. The van der Waals surface area contributed by atoms with Crippen molar-refractivity contribution in [2.75, 3.05) is 32.1 Å². The van der Waals surface area contributed by atoms with Crippen molar-refractivity contribution in [2.24, 2.45) is 0 Å². The molecule has 1 atom stereocenters. The molecule has 1 aliphatic heterocycles. The van der Waals surface area contributed by atoms with Crippen LogP contribution in [-0.4, -0.2) is 43.8 Å². The van der Waals surface area contributed by atoms with Crippen molar-refractivity contribution in [3.8, 4) is 11.5 Å². The molecular weight excluding hydrogens is 252 g/mol. The van der Waals surface area contributed by atoms with E-state index in [1.807, 2.05) is 19.1 Å². The van der Waals surface area contributed by atoms with Crippen LogP contribution in [-0.2, 0) is 0 Å². The molecule has 20 heavy (non-hydrogen) atoms. The van der Waals surface area contributed by atoms with Crippen molar-refractivity contribution in [3.63, 3.8) is 0 Å². The standard InChI is InChI=1S/C16H26N2O2/c1-5-20-15-7-6-13(10-16(15)19-4)17-14-8-9-18(11-14)12(2)3/h6-7,10,12,14,17H,5,8-9,11H2,1-4H3. The molecule has 1 N–H and O–H groups in total. The van der Waals surface area contributed by atoms with Crippen molar-refractivity contribution in [3.05, 3.63) is 18.2 Å². The van der Waals surface area contributed by atoms with Crippen LogP contribution in [0, 0.1) is 0 Å². The summed E-state index contributed by atoms with van der Waals surface area (Å²) in [6.45, 7) is 9.40. The molecule has 0 aromatic heterocycles. The number of hydrogen-bond donors (Lipinski definition) is 1. The molecule has 0 spiro atoms. The molecule has 0 aliphatic carbocycles. The number of likely N-dealkylation sites (tertiary alicyclic amines) is 1. The number of nitrogens with zero attached hydrogens (tertiary/aromatic N) is 1. The molecule has 1 fully saturated rings. The van der Waals surface area contributed by atoms with Crippen LogP contribution < -0.4 is 14.8 Å². The van der Waals surface area contributed by atoms with Gasteiger partial charge in [-0.3, -0.25) is 4.90 Å². The maximum Gasteiger partial charge on any atom is 0.162 e. The van der Waals surface area contributed by atoms with Crippen LogP contribution in [0.25, 0.3) is 0 Å². The third-order valence-corrected chi connectivity index (χ3v) is 3.78. The summed E-state index contributed by atoms with van der Waals surface area (Å²) in [5.41, 5.74) is 1.10. The van der Waals surface area contributed by atoms with Gasteiger partial charge < -0.3 is 14.8 Å². The van der Waals surface area contributed by atoms with Crippen molar-refractivity contribution in [1.82, 2.24) is 4.90 Å². The number of hydrogen-bond acceptors (Lipinski definition) is 4. The maximum absolute atomic E-state index is 5.54. The van der Waals surface area contributed by atoms with Gasteiger partial charge in [-0.25, -0.2) is 0 Å². The zero-order valence-electron chi connectivity index (χ0n) is 13.0. The lowest BCUT2D eigenvalue weighted by Gasteiger charge is -2.21. The minimum Gasteiger partial charge on any atom is -0.493 e. The lowest BCUT2D eigenvalue weighted by molar-refractivity contribution is 0.274. The van der Waals surface area contributed by atoms with Crippen LogP contribution in [0.3, 0.4) is 0 Å². The summed E-state index contributed by atoms with van der Waals surface area (Å²) in [6, 6.07) is 7.19. The summed E-state index contributed by atoms with van der Waals surface area (Å²) in [7, 11) is 1.68. The lowest BCUT2D eigenvalue weighted by Crippen LogP contribution is -2.31. The van der Waals surface area contributed by atoms with Crippen LogP contribution in [0.2, 0.25) is 0 Å². The molecule has 1 heterocycles. The highest BCUT2D eigenvalue weighted by Crippen LogP contribution is 2.31. The predicted molar refractivity (Wildman–Crippen MR) is 82.9 cm³/mol. The van der Waals surface area contributed by atoms with E-state index in [9.17, 15) is 0 Å². The van der Waals surface area contributed by atoms with Gasteiger partial charge in [0.05, 0.1) is 13.7 Å². The van der Waals surface area contributed by atoms with E-state index in [0.29, 0.717) is 18.7 Å². The second kappa shape index (κ2) is 6.84. The van der Waals surface area contributed by atoms with Gasteiger partial charge in [-0.05, 0) is 39.3 Å². The van der Waals surface area contributed by atoms with E-state index < -0.39 is 0 Å². The number of nitrogens with one attached hydrogen (secondary N) is 1. The van der Waals surface area contributed by atoms with E-state index in [0.717, 1.165) is 23.7 Å². The van der Waals surface area contributed by atoms with E-state index in [2.05, 4.69) is 30.1 Å². The lowest BCUT2D eigenvalue weighted by atomic mass is 10.2. The molecule has 1 aromatic carbocycles. The molecule has 1 aliphatic rings. The molecule has 0 amide bonds. The summed E-state index contributed by atoms with van der Waals surface area (Å²) >= 11 is 0. The fourth-order valence-electron chi connectivity index (χ4n) is 2.64. The Morgan fingerprint density at radius 1 is 1.35 bits per heavy atom. The van der Waals surface area contributed by atoms with Crippen LogP contribution in [0.5, 0.6) is 11.5 Å². The third-order valence-electron chi connectivity index (χ3n) is 3.78. The number of ether oxygens (including phenoxy) is 2. The van der Waals surface area contributed by atoms with Crippen LogP contribution in [0.1, 0.15) is 27.2 Å². The summed E-state index contributed by atoms with van der Waals surface area (Å²) in [5, 5.41) is 3.59. The van der Waals surface area contributed by atoms with Gasteiger partial charge in [-0.1, -0.05) is 0 Å². The van der Waals surface area contributed by atoms with E-state index in [-0.39, 0.29) is 0 Å². The number of anilines is 1. The molecule has 1 unspecified atom stereocenters. The zero-order chi connectivity index (χ0) is 14.5. The molecule has 0 saturated carbocycles. The van der Waals surface area contributed by atoms with Gasteiger partial charge in [0.25, 0.3) is 0 Å². The number of methoxy groups -OCH3 is 1. The first-order valence-electron chi connectivity index (χ1n) is 7.45. The molecule has 0 radical (unpaired) electrons. The summed E-state index contributed by atoms with van der Waals surface area (Å²) in [4.78, 5) is 2.50. The second-order valence-corrected chi connectivity index (χ2v) is 5.52. The van der Waals surface area contributed by atoms with Crippen LogP contribution in [0.4, 0.5) is 5.69 Å². The molecule has 1 aromatic rings. The Labute approximate surface area is 122 Å². The second-order valence-electron chi connectivity index (χ2n) is 5.52. The predicted octanol–water partition coefficient (Wildman–Crippen LogP) is 2.99. The smallest absolute Gasteiger partial charge is 0.162 e. The molecule has 112 valence electrons. The third kappa shape index (κ3) is 3.57. The van der Waals surface area contributed by atoms with Crippen molar-refractivity contribution < 1.29 is 9.47 Å². The van der Waals surface area contributed by atoms with Gasteiger partial charge in [-0.2, -0.15) is 0 Å². The Balaban J connectivity index is 2.00. The molecule has 2 rings (SSSR count). The van der Waals surface area contributed by atoms with E-state index in [1.54, 1.807) is 7.11 Å². The highest BCUT2D eigenvalue weighted by molar-refractivity contribution is 5.55. The van der Waals surface area contributed by atoms with Gasteiger partial charge in [0, 0.05) is 36.9 Å². The average Bonchev–Trinajstić information content (AvgIpc) is 2.89. The Kier molecular flexibility index (Phi) is 5.12. The van der Waals surface area contributed by atoms with E-state index in [4.69, 9.17) is 9.47 Å². The normalized spacial score (nSPS) is 19.4. The quantitative estimate of drug-likeness (QED) is 0.867. The topological polar surface area (TPSA) is 33.7 Å². The maximum atomic E-state index is 5.54. The van der Waals surface area contributed by atoms with Gasteiger partial charge in [0.2, 0.25) is 0 Å². The minimum atomic E-state index is 0.514. The van der Waals surface area contributed by atoms with Gasteiger partial charge in [-0.15, -0.1) is 0 Å². The Morgan fingerprint density at radius 2 is 2.15 bits per heavy atom. The molecule has 1 saturated heterocycles. The summed E-state index contributed by atoms with van der Waals surface area (Å²) < 4.78 is 10.9. The fourth-order valence-corrected chi connectivity index (χ4v) is 2.64. The molecule has 4 nitrogen and oxygen atoms in total. The number of benzene rings is 1. The highest BCUT2D eigenvalue weighted by atomic mass is 16.5. The molecule has 4 heteroatoms. The first-order valence-corrected chi connectivity index (χ1v) is 7.45. The van der Waals surface area contributed by atoms with Crippen molar-refractivity contribution in [1.29, 1.82) is 0 Å². The first-order chi connectivity index (χ1) is 9.63. The monoisotopic (exact) mass is 278 g/mol. The largest absolute Gasteiger partial charge is 0.493 e. The number of rotatable bonds is 6.